The van der Waals surface area contributed by atoms with Crippen molar-refractivity contribution >= 4 is 20.3 Å². The summed E-state index contributed by atoms with van der Waals surface area (Å²) in [7, 11) is 0.750. The average Bonchev–Trinajstić information content (AvgIpc) is 2.45. The molecule has 2 aromatic carbocycles. The molecule has 2 aromatic rings. The van der Waals surface area contributed by atoms with Gasteiger partial charge in [0.1, 0.15) is 0 Å². The molecule has 0 fully saturated rings. The van der Waals surface area contributed by atoms with Crippen molar-refractivity contribution in [3.63, 3.8) is 0 Å². The maximum Gasteiger partial charge on any atom is 3.00 e. The van der Waals surface area contributed by atoms with Gasteiger partial charge >= 0.3 is 21.7 Å². The predicted molar refractivity (Wildman–Crippen MR) is 67.9 cm³/mol. The van der Waals surface area contributed by atoms with Crippen LogP contribution in [0.15, 0.2) is 30.3 Å². The van der Waals surface area contributed by atoms with Gasteiger partial charge in [-0.1, -0.05) is 33.0 Å². The minimum Gasteiger partial charge on any atom is -1.00 e. The van der Waals surface area contributed by atoms with Crippen LogP contribution in [0.5, 0.6) is 0 Å². The van der Waals surface area contributed by atoms with Gasteiger partial charge in [0.15, 0.2) is 0 Å². The first kappa shape index (κ1) is 22.5. The van der Waals surface area contributed by atoms with Crippen LogP contribution in [0.2, 0.25) is 13.1 Å². The maximum atomic E-state index is 2.24. The van der Waals surface area contributed by atoms with Crippen LogP contribution in [-0.2, 0) is 21.7 Å². The van der Waals surface area contributed by atoms with Crippen LogP contribution in [-0.4, -0.2) is 9.52 Å². The molecule has 0 saturated carbocycles. The largest absolute Gasteiger partial charge is 3.00 e. The van der Waals surface area contributed by atoms with E-state index >= 15 is 0 Å². The van der Waals surface area contributed by atoms with Crippen molar-refractivity contribution in [2.45, 2.75) is 26.9 Å². The minimum absolute atomic E-state index is 0. The average molecular weight is 321 g/mol. The molecule has 0 amide bonds. The van der Waals surface area contributed by atoms with Gasteiger partial charge in [-0.3, -0.25) is 0 Å². The Hall–Kier alpha value is 0.341. The Balaban J connectivity index is -0.000000300. The molecular formula is C13H18Cl2SiTi. The zero-order valence-corrected chi connectivity index (χ0v) is 14.9. The minimum atomic E-state index is 0. The van der Waals surface area contributed by atoms with E-state index in [9.17, 15) is 0 Å². The van der Waals surface area contributed by atoms with Crippen molar-refractivity contribution in [2.75, 3.05) is 0 Å². The van der Waals surface area contributed by atoms with E-state index < -0.39 is 0 Å². The van der Waals surface area contributed by atoms with Crippen LogP contribution >= 0.6 is 0 Å². The van der Waals surface area contributed by atoms with Crippen LogP contribution in [0.4, 0.5) is 0 Å². The molecule has 0 aliphatic rings. The van der Waals surface area contributed by atoms with Crippen molar-refractivity contribution in [1.29, 1.82) is 0 Å². The Kier molecular flexibility index (Phi) is 15.1. The van der Waals surface area contributed by atoms with Gasteiger partial charge in [-0.15, -0.1) is 40.6 Å². The molecule has 0 aliphatic heterocycles. The summed E-state index contributed by atoms with van der Waals surface area (Å²) in [6.07, 6.45) is 0. The number of rotatable bonds is 0. The standard InChI is InChI=1S/C11H11.C2H7Si.2ClH.Ti/c1-8-7-10-5-3-4-6-11(10)9(8)2;1-3-2;;;/h3-7H,1-2H3;3H,1-2H3;2*1H;/q-1;;;;+3/p-2. The van der Waals surface area contributed by atoms with Crippen LogP contribution in [0.1, 0.15) is 11.1 Å². The molecule has 0 N–H and O–H groups in total. The van der Waals surface area contributed by atoms with E-state index in [1.807, 2.05) is 0 Å². The van der Waals surface area contributed by atoms with Gasteiger partial charge in [0, 0.05) is 9.52 Å². The van der Waals surface area contributed by atoms with Crippen molar-refractivity contribution in [3.8, 4) is 0 Å². The van der Waals surface area contributed by atoms with E-state index in [1.54, 1.807) is 0 Å². The topological polar surface area (TPSA) is 0 Å². The molecule has 0 atom stereocenters. The van der Waals surface area contributed by atoms with Crippen molar-refractivity contribution in [2.24, 2.45) is 0 Å². The quantitative estimate of drug-likeness (QED) is 0.378. The Bertz CT molecular complexity index is 413. The fraction of sp³-hybridized carbons (Fsp3) is 0.308. The zero-order chi connectivity index (χ0) is 10.6. The van der Waals surface area contributed by atoms with E-state index in [0.717, 1.165) is 9.52 Å². The number of halogens is 2. The van der Waals surface area contributed by atoms with Gasteiger partial charge in [0.25, 0.3) is 0 Å². The third-order valence-corrected chi connectivity index (χ3v) is 2.33. The van der Waals surface area contributed by atoms with Gasteiger partial charge in [0.2, 0.25) is 0 Å². The molecule has 92 valence electrons. The van der Waals surface area contributed by atoms with E-state index in [1.165, 1.54) is 21.9 Å². The third-order valence-electron chi connectivity index (χ3n) is 2.33. The summed E-state index contributed by atoms with van der Waals surface area (Å²) in [6, 6.07) is 10.8. The number of hydrogen-bond donors (Lipinski definition) is 0. The molecule has 0 heterocycles. The first-order valence-electron chi connectivity index (χ1n) is 5.06. The second-order valence-electron chi connectivity index (χ2n) is 3.62. The Labute approximate surface area is 134 Å². The van der Waals surface area contributed by atoms with Gasteiger partial charge < -0.3 is 24.8 Å². The van der Waals surface area contributed by atoms with Crippen molar-refractivity contribution < 1.29 is 46.5 Å². The fourth-order valence-electron chi connectivity index (χ4n) is 1.52. The fourth-order valence-corrected chi connectivity index (χ4v) is 1.52. The molecule has 0 saturated heterocycles. The number of benzene rings is 1. The molecule has 0 spiro atoms. The summed E-state index contributed by atoms with van der Waals surface area (Å²) >= 11 is 0. The molecule has 17 heavy (non-hydrogen) atoms. The Morgan fingerprint density at radius 2 is 1.47 bits per heavy atom. The number of hydrogen-bond acceptors (Lipinski definition) is 0. The third kappa shape index (κ3) is 6.17. The number of aryl methyl sites for hydroxylation is 2. The Morgan fingerprint density at radius 3 is 1.94 bits per heavy atom. The monoisotopic (exact) mass is 320 g/mol. The van der Waals surface area contributed by atoms with E-state index in [2.05, 4.69) is 57.3 Å². The molecule has 2 rings (SSSR count). The maximum absolute atomic E-state index is 2.24. The summed E-state index contributed by atoms with van der Waals surface area (Å²) in [5.74, 6) is 0. The molecule has 0 aliphatic carbocycles. The summed E-state index contributed by atoms with van der Waals surface area (Å²) in [5.41, 5.74) is 2.81. The molecule has 4 heteroatoms. The molecule has 0 unspecified atom stereocenters. The van der Waals surface area contributed by atoms with Crippen LogP contribution < -0.4 is 24.8 Å². The smallest absolute Gasteiger partial charge is 1.00 e. The number of fused-ring (bicyclic) bond motifs is 1. The molecule has 0 bridgehead atoms. The van der Waals surface area contributed by atoms with Gasteiger partial charge in [-0.05, 0) is 0 Å². The van der Waals surface area contributed by atoms with E-state index in [0.29, 0.717) is 0 Å². The molecular weight excluding hydrogens is 303 g/mol. The first-order valence-corrected chi connectivity index (χ1v) is 7.37. The van der Waals surface area contributed by atoms with Gasteiger partial charge in [-0.2, -0.15) is 5.56 Å². The second-order valence-corrected chi connectivity index (χ2v) is 4.77. The van der Waals surface area contributed by atoms with Crippen molar-refractivity contribution in [1.82, 2.24) is 0 Å². The van der Waals surface area contributed by atoms with Crippen molar-refractivity contribution in [3.05, 3.63) is 41.5 Å². The summed E-state index contributed by atoms with van der Waals surface area (Å²) < 4.78 is 0. The second kappa shape index (κ2) is 11.4. The SMILES string of the molecule is C[SiH]C.Cc1[cH-]c2ccccc2c1C.[Cl-].[Cl-].[Ti+3]. The Morgan fingerprint density at radius 1 is 1.00 bits per heavy atom. The first-order chi connectivity index (χ1) is 6.70. The summed E-state index contributed by atoms with van der Waals surface area (Å²) in [6.45, 7) is 8.76. The normalized spacial score (nSPS) is 8.00. The zero-order valence-electron chi connectivity index (χ0n) is 10.7. The molecule has 0 nitrogen and oxygen atoms in total. The molecule has 2 radical (unpaired) electrons. The van der Waals surface area contributed by atoms with Gasteiger partial charge in [-0.25, -0.2) is 0 Å². The predicted octanol–water partition coefficient (Wildman–Crippen LogP) is -2.30. The van der Waals surface area contributed by atoms with Crippen LogP contribution in [0.3, 0.4) is 0 Å². The van der Waals surface area contributed by atoms with Crippen LogP contribution in [0, 0.1) is 13.8 Å². The van der Waals surface area contributed by atoms with E-state index in [-0.39, 0.29) is 46.5 Å². The summed E-state index contributed by atoms with van der Waals surface area (Å²) in [5, 5.41) is 2.76. The van der Waals surface area contributed by atoms with Crippen LogP contribution in [0.25, 0.3) is 10.8 Å². The van der Waals surface area contributed by atoms with Gasteiger partial charge in [0.05, 0.1) is 0 Å². The molecule has 0 aromatic heterocycles. The van der Waals surface area contributed by atoms with E-state index in [4.69, 9.17) is 0 Å². The summed E-state index contributed by atoms with van der Waals surface area (Å²) in [4.78, 5) is 0.